The van der Waals surface area contributed by atoms with Crippen LogP contribution in [-0.4, -0.2) is 23.9 Å². The molecule has 0 aliphatic carbocycles. The van der Waals surface area contributed by atoms with E-state index in [9.17, 15) is 5.11 Å². The molecule has 0 bridgehead atoms. The van der Waals surface area contributed by atoms with Crippen molar-refractivity contribution in [3.63, 3.8) is 0 Å². The number of benzene rings is 1. The minimum absolute atomic E-state index is 0.101. The zero-order valence-electron chi connectivity index (χ0n) is 8.81. The first-order valence-corrected chi connectivity index (χ1v) is 4.93. The van der Waals surface area contributed by atoms with Crippen molar-refractivity contribution in [3.05, 3.63) is 23.8 Å². The predicted octanol–water partition coefficient (Wildman–Crippen LogP) is 1.17. The highest BCUT2D eigenvalue weighted by Crippen LogP contribution is 2.33. The molecule has 0 saturated carbocycles. The van der Waals surface area contributed by atoms with Crippen molar-refractivity contribution in [2.45, 2.75) is 18.9 Å². The Morgan fingerprint density at radius 3 is 2.80 bits per heavy atom. The van der Waals surface area contributed by atoms with Gasteiger partial charge in [-0.1, -0.05) is 6.07 Å². The van der Waals surface area contributed by atoms with E-state index in [-0.39, 0.29) is 18.4 Å². The van der Waals surface area contributed by atoms with Crippen LogP contribution >= 0.6 is 0 Å². The van der Waals surface area contributed by atoms with Gasteiger partial charge in [-0.2, -0.15) is 0 Å². The number of nitrogens with two attached hydrogens (primary N) is 1. The van der Waals surface area contributed by atoms with Crippen LogP contribution in [0.5, 0.6) is 11.5 Å². The van der Waals surface area contributed by atoms with E-state index in [2.05, 4.69) is 0 Å². The number of hydrogen-bond acceptors (Lipinski definition) is 4. The van der Waals surface area contributed by atoms with Gasteiger partial charge in [0.15, 0.2) is 0 Å². The van der Waals surface area contributed by atoms with E-state index >= 15 is 0 Å². The van der Waals surface area contributed by atoms with Crippen molar-refractivity contribution < 1.29 is 14.9 Å². The van der Waals surface area contributed by atoms with E-state index in [1.165, 1.54) is 7.11 Å². The fourth-order valence-corrected chi connectivity index (χ4v) is 1.54. The molecule has 1 aromatic carbocycles. The number of methoxy groups -OCH3 is 1. The Morgan fingerprint density at radius 1 is 1.47 bits per heavy atom. The molecule has 1 rings (SSSR count). The Hall–Kier alpha value is -1.26. The number of aromatic hydroxyl groups is 1. The van der Waals surface area contributed by atoms with Gasteiger partial charge in [-0.25, -0.2) is 0 Å². The van der Waals surface area contributed by atoms with Gasteiger partial charge in [0.05, 0.1) is 12.7 Å². The summed E-state index contributed by atoms with van der Waals surface area (Å²) in [4.78, 5) is 0. The molecular weight excluding hydrogens is 194 g/mol. The Balaban J connectivity index is 2.90. The van der Waals surface area contributed by atoms with Crippen LogP contribution in [0, 0.1) is 0 Å². The van der Waals surface area contributed by atoms with Crippen molar-refractivity contribution in [3.8, 4) is 11.5 Å². The lowest BCUT2D eigenvalue weighted by Crippen LogP contribution is -2.12. The molecular formula is C11H17NO3. The molecule has 0 amide bonds. The molecule has 1 atom stereocenters. The molecule has 84 valence electrons. The maximum Gasteiger partial charge on any atom is 0.127 e. The van der Waals surface area contributed by atoms with Gasteiger partial charge >= 0.3 is 0 Å². The van der Waals surface area contributed by atoms with Crippen LogP contribution in [0.3, 0.4) is 0 Å². The molecule has 0 saturated heterocycles. The largest absolute Gasteiger partial charge is 0.507 e. The molecule has 4 heteroatoms. The first-order valence-electron chi connectivity index (χ1n) is 4.93. The fraction of sp³-hybridized carbons (Fsp3) is 0.455. The van der Waals surface area contributed by atoms with Gasteiger partial charge in [-0.05, 0) is 25.0 Å². The summed E-state index contributed by atoms with van der Waals surface area (Å²) in [6.07, 6.45) is 1.23. The van der Waals surface area contributed by atoms with E-state index in [0.29, 0.717) is 24.2 Å². The van der Waals surface area contributed by atoms with Gasteiger partial charge < -0.3 is 20.7 Å². The predicted molar refractivity (Wildman–Crippen MR) is 57.9 cm³/mol. The summed E-state index contributed by atoms with van der Waals surface area (Å²) in [7, 11) is 1.54. The number of phenols is 1. The molecule has 0 fully saturated rings. The quantitative estimate of drug-likeness (QED) is 0.683. The Bertz CT molecular complexity index is 315. The van der Waals surface area contributed by atoms with Crippen molar-refractivity contribution in [1.82, 2.24) is 0 Å². The van der Waals surface area contributed by atoms with Crippen LogP contribution in [0.25, 0.3) is 0 Å². The van der Waals surface area contributed by atoms with Crippen LogP contribution < -0.4 is 10.5 Å². The number of aliphatic hydroxyl groups excluding tert-OH is 1. The molecule has 4 nitrogen and oxygen atoms in total. The molecule has 0 unspecified atom stereocenters. The minimum atomic E-state index is -0.312. The summed E-state index contributed by atoms with van der Waals surface area (Å²) in [6.45, 7) is 0.101. The maximum absolute atomic E-state index is 9.67. The van der Waals surface area contributed by atoms with E-state index in [0.717, 1.165) is 0 Å². The third-order valence-electron chi connectivity index (χ3n) is 2.31. The number of ether oxygens (including phenoxy) is 1. The Labute approximate surface area is 89.3 Å². The average molecular weight is 211 g/mol. The zero-order valence-corrected chi connectivity index (χ0v) is 8.81. The van der Waals surface area contributed by atoms with E-state index in [1.54, 1.807) is 18.2 Å². The van der Waals surface area contributed by atoms with Crippen LogP contribution in [0.15, 0.2) is 18.2 Å². The second-order valence-electron chi connectivity index (χ2n) is 3.37. The second-order valence-corrected chi connectivity index (χ2v) is 3.37. The van der Waals surface area contributed by atoms with Crippen LogP contribution in [0.1, 0.15) is 24.4 Å². The average Bonchev–Trinajstić information content (AvgIpc) is 2.25. The second kappa shape index (κ2) is 5.58. The highest BCUT2D eigenvalue weighted by Gasteiger charge is 2.15. The monoisotopic (exact) mass is 211 g/mol. The highest BCUT2D eigenvalue weighted by molar-refractivity contribution is 5.45. The van der Waals surface area contributed by atoms with Crippen molar-refractivity contribution in [1.29, 1.82) is 0 Å². The summed E-state index contributed by atoms with van der Waals surface area (Å²) in [5.41, 5.74) is 6.51. The fourth-order valence-electron chi connectivity index (χ4n) is 1.54. The lowest BCUT2D eigenvalue weighted by Gasteiger charge is -2.16. The first-order chi connectivity index (χ1) is 7.20. The molecule has 0 aliphatic heterocycles. The molecule has 15 heavy (non-hydrogen) atoms. The van der Waals surface area contributed by atoms with Gasteiger partial charge in [0.25, 0.3) is 0 Å². The molecule has 0 heterocycles. The zero-order chi connectivity index (χ0) is 11.3. The summed E-state index contributed by atoms with van der Waals surface area (Å²) >= 11 is 0. The van der Waals surface area contributed by atoms with Crippen LogP contribution in [-0.2, 0) is 0 Å². The molecule has 0 aromatic heterocycles. The topological polar surface area (TPSA) is 75.7 Å². The van der Waals surface area contributed by atoms with Crippen LogP contribution in [0.2, 0.25) is 0 Å². The van der Waals surface area contributed by atoms with Crippen molar-refractivity contribution >= 4 is 0 Å². The summed E-state index contributed by atoms with van der Waals surface area (Å²) < 4.78 is 5.12. The van der Waals surface area contributed by atoms with Crippen LogP contribution in [0.4, 0.5) is 0 Å². The number of rotatable bonds is 5. The van der Waals surface area contributed by atoms with E-state index in [4.69, 9.17) is 15.6 Å². The SMILES string of the molecule is COc1cccc(O)c1[C@H](N)CCCO. The third kappa shape index (κ3) is 2.84. The summed E-state index contributed by atoms with van der Waals surface area (Å²) in [5.74, 6) is 0.722. The lowest BCUT2D eigenvalue weighted by molar-refractivity contribution is 0.278. The normalized spacial score (nSPS) is 12.5. The summed E-state index contributed by atoms with van der Waals surface area (Å²) in [6, 6.07) is 4.73. The molecule has 0 spiro atoms. The molecule has 0 radical (unpaired) electrons. The van der Waals surface area contributed by atoms with Gasteiger partial charge in [0.2, 0.25) is 0 Å². The van der Waals surface area contributed by atoms with Gasteiger partial charge in [0.1, 0.15) is 11.5 Å². The lowest BCUT2D eigenvalue weighted by atomic mass is 10.0. The molecule has 4 N–H and O–H groups in total. The Kier molecular flexibility index (Phi) is 4.39. The molecule has 0 aliphatic rings. The van der Waals surface area contributed by atoms with E-state index in [1.807, 2.05) is 0 Å². The standard InChI is InChI=1S/C11H17NO3/c1-15-10-6-2-5-9(14)11(10)8(12)4-3-7-13/h2,5-6,8,13-14H,3-4,7,12H2,1H3/t8-/m1/s1. The van der Waals surface area contributed by atoms with Gasteiger partial charge in [-0.15, -0.1) is 0 Å². The van der Waals surface area contributed by atoms with Crippen molar-refractivity contribution in [2.75, 3.05) is 13.7 Å². The summed E-state index contributed by atoms with van der Waals surface area (Å²) in [5, 5.41) is 18.4. The Morgan fingerprint density at radius 2 is 2.20 bits per heavy atom. The van der Waals surface area contributed by atoms with Gasteiger partial charge in [0, 0.05) is 12.6 Å². The molecule has 1 aromatic rings. The number of aliphatic hydroxyl groups is 1. The number of phenolic OH excluding ortho intramolecular Hbond substituents is 1. The third-order valence-corrected chi connectivity index (χ3v) is 2.31. The number of hydrogen-bond donors (Lipinski definition) is 3. The maximum atomic E-state index is 9.67. The van der Waals surface area contributed by atoms with Gasteiger partial charge in [-0.3, -0.25) is 0 Å². The first kappa shape index (κ1) is 11.8. The minimum Gasteiger partial charge on any atom is -0.507 e. The highest BCUT2D eigenvalue weighted by atomic mass is 16.5. The smallest absolute Gasteiger partial charge is 0.127 e. The van der Waals surface area contributed by atoms with E-state index < -0.39 is 0 Å². The van der Waals surface area contributed by atoms with Crippen molar-refractivity contribution in [2.24, 2.45) is 5.73 Å².